The molecule has 0 aliphatic carbocycles. The van der Waals surface area contributed by atoms with Gasteiger partial charge in [-0.2, -0.15) is 0 Å². The number of amides is 4. The fourth-order valence-electron chi connectivity index (χ4n) is 7.92. The minimum atomic E-state index is -4.70. The molecule has 1 aliphatic rings. The van der Waals surface area contributed by atoms with Gasteiger partial charge < -0.3 is 34.6 Å². The Morgan fingerprint density at radius 3 is 1.39 bits per heavy atom. The van der Waals surface area contributed by atoms with E-state index in [9.17, 15) is 43.0 Å². The first-order valence-corrected chi connectivity index (χ1v) is 29.1. The van der Waals surface area contributed by atoms with Crippen LogP contribution in [0.15, 0.2) is 0 Å². The van der Waals surface area contributed by atoms with Gasteiger partial charge in [0.05, 0.1) is 26.2 Å². The number of imide groups is 1. The average molecular weight is 1030 g/mol. The van der Waals surface area contributed by atoms with Crippen LogP contribution in [0.1, 0.15) is 245 Å². The summed E-state index contributed by atoms with van der Waals surface area (Å²) in [5, 5.41) is 5.14. The Morgan fingerprint density at radius 2 is 0.930 bits per heavy atom. The molecule has 1 aliphatic heterocycles. The van der Waals surface area contributed by atoms with E-state index in [2.05, 4.69) is 24.5 Å². The van der Waals surface area contributed by atoms with Crippen molar-refractivity contribution in [3.63, 3.8) is 0 Å². The Bertz CT molecular complexity index is 1490. The highest BCUT2D eigenvalue weighted by Crippen LogP contribution is 2.43. The Morgan fingerprint density at radius 1 is 0.507 bits per heavy atom. The van der Waals surface area contributed by atoms with Gasteiger partial charge in [0.25, 0.3) is 11.8 Å². The number of hydrogen-bond acceptors (Lipinski definition) is 14. The third-order valence-corrected chi connectivity index (χ3v) is 13.1. The van der Waals surface area contributed by atoms with Crippen LogP contribution < -0.4 is 10.6 Å². The summed E-state index contributed by atoms with van der Waals surface area (Å²) >= 11 is 0. The number of alkyl carbamates (subject to hydrolysis) is 1. The second-order valence-electron chi connectivity index (χ2n) is 18.7. The van der Waals surface area contributed by atoms with Gasteiger partial charge in [-0.25, -0.2) is 14.2 Å². The SMILES string of the molecule is CCCCCCCCCCCCCCCCCC(=O)OC[C@H](COP(=O)(O)OCCNC(=O)OCCNC(=O)CCC(=O)ON1C(=O)CCC1=O)OC(=O)CCCCCCCCCCCCCCCCC. The van der Waals surface area contributed by atoms with Crippen molar-refractivity contribution < 1.29 is 71.1 Å². The molecule has 0 aromatic rings. The summed E-state index contributed by atoms with van der Waals surface area (Å²) in [4.78, 5) is 99.4. The third kappa shape index (κ3) is 40.6. The number of hydrogen-bond donors (Lipinski definition) is 3. The molecule has 71 heavy (non-hydrogen) atoms. The Hall–Kier alpha value is -3.60. The van der Waals surface area contributed by atoms with E-state index in [0.29, 0.717) is 17.9 Å². The van der Waals surface area contributed by atoms with Gasteiger partial charge in [-0.3, -0.25) is 33.0 Å². The van der Waals surface area contributed by atoms with Gasteiger partial charge in [0.15, 0.2) is 6.10 Å². The molecule has 1 saturated heterocycles. The minimum Gasteiger partial charge on any atom is -0.462 e. The number of carbonyl (C=O) groups is 7. The molecule has 3 N–H and O–H groups in total. The lowest BCUT2D eigenvalue weighted by atomic mass is 10.0. The fourth-order valence-corrected chi connectivity index (χ4v) is 8.67. The zero-order valence-corrected chi connectivity index (χ0v) is 44.7. The quantitative estimate of drug-likeness (QED) is 0.0169. The van der Waals surface area contributed by atoms with Crippen LogP contribution in [0.25, 0.3) is 0 Å². The molecule has 0 bridgehead atoms. The predicted molar refractivity (Wildman–Crippen MR) is 270 cm³/mol. The molecular formula is C52H94N3O15P. The predicted octanol–water partition coefficient (Wildman–Crippen LogP) is 11.3. The summed E-state index contributed by atoms with van der Waals surface area (Å²) in [6.07, 6.45) is 33.5. The molecule has 0 aromatic heterocycles. The van der Waals surface area contributed by atoms with E-state index in [0.717, 1.165) is 38.5 Å². The third-order valence-electron chi connectivity index (χ3n) is 12.2. The Balaban J connectivity index is 2.37. The lowest BCUT2D eigenvalue weighted by molar-refractivity contribution is -0.197. The number of phosphoric acid groups is 1. The molecule has 0 radical (unpaired) electrons. The van der Waals surface area contributed by atoms with Crippen molar-refractivity contribution in [2.24, 2.45) is 0 Å². The molecule has 19 heteroatoms. The van der Waals surface area contributed by atoms with Crippen LogP contribution in [0.2, 0.25) is 0 Å². The molecule has 1 fully saturated rings. The highest BCUT2D eigenvalue weighted by molar-refractivity contribution is 7.47. The number of ether oxygens (including phenoxy) is 3. The van der Waals surface area contributed by atoms with Gasteiger partial charge in [-0.05, 0) is 12.8 Å². The van der Waals surface area contributed by atoms with Crippen molar-refractivity contribution in [3.05, 3.63) is 0 Å². The minimum absolute atomic E-state index is 0.0511. The zero-order valence-electron chi connectivity index (χ0n) is 43.8. The first kappa shape index (κ1) is 65.4. The summed E-state index contributed by atoms with van der Waals surface area (Å²) in [6, 6.07) is 0. The largest absolute Gasteiger partial charge is 0.472 e. The van der Waals surface area contributed by atoms with Crippen molar-refractivity contribution in [1.29, 1.82) is 0 Å². The van der Waals surface area contributed by atoms with Gasteiger partial charge in [0.2, 0.25) is 5.91 Å². The van der Waals surface area contributed by atoms with E-state index < -0.39 is 68.9 Å². The lowest BCUT2D eigenvalue weighted by Gasteiger charge is -2.20. The van der Waals surface area contributed by atoms with Gasteiger partial charge in [0, 0.05) is 38.6 Å². The molecule has 1 rings (SSSR count). The summed E-state index contributed by atoms with van der Waals surface area (Å²) < 4.78 is 38.6. The number of nitrogens with zero attached hydrogens (tertiary/aromatic N) is 1. The van der Waals surface area contributed by atoms with Crippen LogP contribution in [0.5, 0.6) is 0 Å². The van der Waals surface area contributed by atoms with Crippen LogP contribution in [0.4, 0.5) is 4.79 Å². The van der Waals surface area contributed by atoms with E-state index in [1.165, 1.54) is 141 Å². The molecule has 2 atom stereocenters. The average Bonchev–Trinajstić information content (AvgIpc) is 3.66. The van der Waals surface area contributed by atoms with Crippen LogP contribution in [0, 0.1) is 0 Å². The van der Waals surface area contributed by atoms with Crippen LogP contribution in [-0.2, 0) is 61.4 Å². The maximum absolute atomic E-state index is 12.8. The summed E-state index contributed by atoms with van der Waals surface area (Å²) in [6.45, 7) is 2.50. The van der Waals surface area contributed by atoms with Crippen LogP contribution in [-0.4, -0.2) is 97.3 Å². The number of phosphoric ester groups is 1. The maximum atomic E-state index is 12.8. The molecule has 0 saturated carbocycles. The molecule has 18 nitrogen and oxygen atoms in total. The van der Waals surface area contributed by atoms with Crippen molar-refractivity contribution in [2.45, 2.75) is 251 Å². The van der Waals surface area contributed by atoms with Gasteiger partial charge >= 0.3 is 31.8 Å². The van der Waals surface area contributed by atoms with Crippen molar-refractivity contribution >= 4 is 49.5 Å². The molecule has 1 heterocycles. The Labute approximate surface area is 425 Å². The first-order valence-electron chi connectivity index (χ1n) is 27.6. The van der Waals surface area contributed by atoms with Crippen molar-refractivity contribution in [2.75, 3.05) is 39.5 Å². The second-order valence-corrected chi connectivity index (χ2v) is 20.2. The monoisotopic (exact) mass is 1030 g/mol. The van der Waals surface area contributed by atoms with Crippen molar-refractivity contribution in [3.8, 4) is 0 Å². The van der Waals surface area contributed by atoms with Crippen molar-refractivity contribution in [1.82, 2.24) is 15.7 Å². The molecular weight excluding hydrogens is 938 g/mol. The van der Waals surface area contributed by atoms with E-state index in [4.69, 9.17) is 28.1 Å². The first-order chi connectivity index (χ1) is 34.4. The number of esters is 2. The topological polar surface area (TPSA) is 239 Å². The van der Waals surface area contributed by atoms with Crippen LogP contribution >= 0.6 is 7.82 Å². The molecule has 0 spiro atoms. The highest BCUT2D eigenvalue weighted by Gasteiger charge is 2.33. The fraction of sp³-hybridized carbons (Fsp3) is 0.865. The maximum Gasteiger partial charge on any atom is 0.472 e. The normalized spacial score (nSPS) is 13.7. The number of nitrogens with one attached hydrogen (secondary N) is 2. The van der Waals surface area contributed by atoms with Gasteiger partial charge in [0.1, 0.15) is 13.2 Å². The molecule has 1 unspecified atom stereocenters. The number of hydroxylamine groups is 2. The standard InChI is InChI=1S/C52H94N3O15P/c1-3-5-7-9-11-13-15-17-19-21-23-25-27-29-31-33-49(59)66-43-45(69-50(60)34-32-30-28-26-24-22-20-18-16-14-12-10-8-6-4-2)44-68-71(63,64)67-42-40-54-52(62)65-41-39-53-46(56)35-38-51(61)70-55-47(57)36-37-48(55)58/h45H,3-44H2,1-2H3,(H,53,56)(H,54,62)(H,63,64)/t45-/m1/s1. The molecule has 4 amide bonds. The smallest absolute Gasteiger partial charge is 0.462 e. The lowest BCUT2D eigenvalue weighted by Crippen LogP contribution is -2.34. The zero-order chi connectivity index (χ0) is 52.1. The number of unbranched alkanes of at least 4 members (excludes halogenated alkanes) is 28. The summed E-state index contributed by atoms with van der Waals surface area (Å²) in [5.74, 6) is -3.74. The summed E-state index contributed by atoms with van der Waals surface area (Å²) in [5.41, 5.74) is 0. The number of carbonyl (C=O) groups excluding carboxylic acids is 7. The summed E-state index contributed by atoms with van der Waals surface area (Å²) in [7, 11) is -4.70. The van der Waals surface area contributed by atoms with E-state index in [1.807, 2.05) is 0 Å². The molecule has 412 valence electrons. The van der Waals surface area contributed by atoms with E-state index >= 15 is 0 Å². The van der Waals surface area contributed by atoms with Gasteiger partial charge in [-0.15, -0.1) is 5.06 Å². The number of rotatable bonds is 49. The van der Waals surface area contributed by atoms with Gasteiger partial charge in [-0.1, -0.05) is 194 Å². The highest BCUT2D eigenvalue weighted by atomic mass is 31.2. The molecule has 0 aromatic carbocycles. The van der Waals surface area contributed by atoms with Crippen LogP contribution in [0.3, 0.4) is 0 Å². The Kier molecular flexibility index (Phi) is 41.5. The van der Waals surface area contributed by atoms with E-state index in [-0.39, 0.29) is 64.8 Å². The second kappa shape index (κ2) is 45.0. The van der Waals surface area contributed by atoms with E-state index in [1.54, 1.807) is 0 Å².